The Balaban J connectivity index is 1.48. The number of carbonyl (C=O) groups is 1. The first-order valence-electron chi connectivity index (χ1n) is 8.92. The number of piperidine rings is 1. The number of nitrogens with one attached hydrogen (secondary N) is 2. The van der Waals surface area contributed by atoms with E-state index in [-0.39, 0.29) is 12.1 Å². The van der Waals surface area contributed by atoms with Crippen molar-refractivity contribution in [1.82, 2.24) is 20.6 Å². The molecule has 0 spiro atoms. The molecule has 3 heterocycles. The summed E-state index contributed by atoms with van der Waals surface area (Å²) in [4.78, 5) is 23.1. The van der Waals surface area contributed by atoms with E-state index in [1.165, 1.54) is 17.9 Å². The number of hydrogen-bond acceptors (Lipinski definition) is 5. The molecule has 2 saturated heterocycles. The average Bonchev–Trinajstić information content (AvgIpc) is 3.14. The largest absolute Gasteiger partial charge is 0.354 e. The number of nitrogens with zero attached hydrogens (tertiary/aromatic N) is 3. The quantitative estimate of drug-likeness (QED) is 0.851. The van der Waals surface area contributed by atoms with Gasteiger partial charge in [-0.25, -0.2) is 14.8 Å². The topological polar surface area (TPSA) is 70.2 Å². The molecule has 3 rings (SSSR count). The van der Waals surface area contributed by atoms with Gasteiger partial charge in [-0.05, 0) is 43.1 Å². The van der Waals surface area contributed by atoms with Crippen LogP contribution in [0.25, 0.3) is 0 Å². The van der Waals surface area contributed by atoms with Crippen molar-refractivity contribution < 1.29 is 4.79 Å². The molecule has 0 aliphatic carbocycles. The SMILES string of the molecule is CCc1cc(N2CCC[C@@H](NC(=O)NC[C@H]3CCSC3)C2)ncn1. The van der Waals surface area contributed by atoms with Crippen LogP contribution in [0.5, 0.6) is 0 Å². The maximum absolute atomic E-state index is 12.1. The lowest BCUT2D eigenvalue weighted by Crippen LogP contribution is -2.51. The molecule has 1 aromatic heterocycles. The number of anilines is 1. The summed E-state index contributed by atoms with van der Waals surface area (Å²) >= 11 is 1.98. The van der Waals surface area contributed by atoms with Crippen molar-refractivity contribution in [2.24, 2.45) is 5.92 Å². The predicted molar refractivity (Wildman–Crippen MR) is 98.6 cm³/mol. The third-order valence-corrected chi connectivity index (χ3v) is 5.96. The van der Waals surface area contributed by atoms with Crippen molar-refractivity contribution >= 4 is 23.6 Å². The number of amides is 2. The second-order valence-corrected chi connectivity index (χ2v) is 7.74. The minimum Gasteiger partial charge on any atom is -0.354 e. The minimum atomic E-state index is -0.0318. The smallest absolute Gasteiger partial charge is 0.315 e. The van der Waals surface area contributed by atoms with Gasteiger partial charge in [-0.1, -0.05) is 6.92 Å². The Morgan fingerprint density at radius 2 is 2.33 bits per heavy atom. The summed E-state index contributed by atoms with van der Waals surface area (Å²) in [6, 6.07) is 2.20. The lowest BCUT2D eigenvalue weighted by atomic mass is 10.1. The van der Waals surface area contributed by atoms with E-state index in [0.29, 0.717) is 5.92 Å². The van der Waals surface area contributed by atoms with Crippen molar-refractivity contribution in [2.75, 3.05) is 36.0 Å². The van der Waals surface area contributed by atoms with Crippen LogP contribution in [-0.2, 0) is 6.42 Å². The van der Waals surface area contributed by atoms with Crippen LogP contribution in [0, 0.1) is 5.92 Å². The monoisotopic (exact) mass is 349 g/mol. The van der Waals surface area contributed by atoms with Crippen molar-refractivity contribution in [2.45, 2.75) is 38.6 Å². The third-order valence-electron chi connectivity index (χ3n) is 4.73. The van der Waals surface area contributed by atoms with Crippen LogP contribution in [0.15, 0.2) is 12.4 Å². The molecule has 0 radical (unpaired) electrons. The molecule has 2 atom stereocenters. The van der Waals surface area contributed by atoms with Gasteiger partial charge >= 0.3 is 6.03 Å². The van der Waals surface area contributed by atoms with Gasteiger partial charge in [0.25, 0.3) is 0 Å². The molecule has 0 unspecified atom stereocenters. The zero-order chi connectivity index (χ0) is 16.8. The molecule has 2 amide bonds. The summed E-state index contributed by atoms with van der Waals surface area (Å²) in [5, 5.41) is 6.17. The number of aromatic nitrogens is 2. The molecule has 0 aromatic carbocycles. The fraction of sp³-hybridized carbons (Fsp3) is 0.706. The van der Waals surface area contributed by atoms with E-state index in [4.69, 9.17) is 0 Å². The Morgan fingerprint density at radius 3 is 3.12 bits per heavy atom. The first kappa shape index (κ1) is 17.3. The maximum Gasteiger partial charge on any atom is 0.315 e. The molecule has 24 heavy (non-hydrogen) atoms. The Morgan fingerprint density at radius 1 is 1.42 bits per heavy atom. The number of hydrogen-bond donors (Lipinski definition) is 2. The summed E-state index contributed by atoms with van der Waals surface area (Å²) in [6.45, 7) is 4.69. The van der Waals surface area contributed by atoms with E-state index in [0.717, 1.165) is 50.4 Å². The third kappa shape index (κ3) is 4.75. The molecule has 132 valence electrons. The average molecular weight is 350 g/mol. The van der Waals surface area contributed by atoms with Crippen molar-refractivity contribution in [3.63, 3.8) is 0 Å². The van der Waals surface area contributed by atoms with Gasteiger partial charge in [-0.15, -0.1) is 0 Å². The highest BCUT2D eigenvalue weighted by Crippen LogP contribution is 2.22. The van der Waals surface area contributed by atoms with Crippen molar-refractivity contribution in [1.29, 1.82) is 0 Å². The number of rotatable bonds is 5. The van der Waals surface area contributed by atoms with Crippen LogP contribution in [0.4, 0.5) is 10.6 Å². The Bertz CT molecular complexity index is 550. The summed E-state index contributed by atoms with van der Waals surface area (Å²) in [5.41, 5.74) is 1.06. The summed E-state index contributed by atoms with van der Waals surface area (Å²) in [7, 11) is 0. The molecule has 2 fully saturated rings. The van der Waals surface area contributed by atoms with Gasteiger partial charge in [0.1, 0.15) is 12.1 Å². The fourth-order valence-electron chi connectivity index (χ4n) is 3.27. The second-order valence-electron chi connectivity index (χ2n) is 6.59. The number of carbonyl (C=O) groups excluding carboxylic acids is 1. The molecule has 2 aliphatic rings. The van der Waals surface area contributed by atoms with Crippen LogP contribution >= 0.6 is 11.8 Å². The van der Waals surface area contributed by atoms with Crippen LogP contribution in [0.1, 0.15) is 31.9 Å². The van der Waals surface area contributed by atoms with E-state index in [2.05, 4.69) is 38.5 Å². The number of aryl methyl sites for hydroxylation is 1. The van der Waals surface area contributed by atoms with E-state index in [1.54, 1.807) is 6.33 Å². The highest BCUT2D eigenvalue weighted by Gasteiger charge is 2.23. The molecule has 2 aliphatic heterocycles. The van der Waals surface area contributed by atoms with E-state index < -0.39 is 0 Å². The molecule has 0 bridgehead atoms. The molecular formula is C17H27N5OS. The normalized spacial score (nSPS) is 24.0. The Labute approximate surface area is 148 Å². The van der Waals surface area contributed by atoms with E-state index >= 15 is 0 Å². The van der Waals surface area contributed by atoms with Crippen molar-refractivity contribution in [3.05, 3.63) is 18.1 Å². The van der Waals surface area contributed by atoms with E-state index in [1.807, 2.05) is 11.8 Å². The predicted octanol–water partition coefficient (Wildman–Crippen LogP) is 2.06. The summed E-state index contributed by atoms with van der Waals surface area (Å²) in [5.74, 6) is 4.00. The van der Waals surface area contributed by atoms with Gasteiger partial charge in [-0.2, -0.15) is 11.8 Å². The second kappa shape index (κ2) is 8.55. The molecule has 7 heteroatoms. The Kier molecular flexibility index (Phi) is 6.18. The van der Waals surface area contributed by atoms with Gasteiger partial charge in [-0.3, -0.25) is 0 Å². The summed E-state index contributed by atoms with van der Waals surface area (Å²) in [6.07, 6.45) is 5.85. The van der Waals surface area contributed by atoms with Gasteiger partial charge in [0.2, 0.25) is 0 Å². The maximum atomic E-state index is 12.1. The minimum absolute atomic E-state index is 0.0318. The molecule has 6 nitrogen and oxygen atoms in total. The molecular weight excluding hydrogens is 322 g/mol. The van der Waals surface area contributed by atoms with Crippen LogP contribution in [0.3, 0.4) is 0 Å². The molecule has 2 N–H and O–H groups in total. The molecule has 0 saturated carbocycles. The zero-order valence-corrected chi connectivity index (χ0v) is 15.1. The number of urea groups is 1. The Hall–Kier alpha value is -1.50. The van der Waals surface area contributed by atoms with Gasteiger partial charge < -0.3 is 15.5 Å². The van der Waals surface area contributed by atoms with Gasteiger partial charge in [0.15, 0.2) is 0 Å². The lowest BCUT2D eigenvalue weighted by Gasteiger charge is -2.34. The fourth-order valence-corrected chi connectivity index (χ4v) is 4.56. The van der Waals surface area contributed by atoms with Crippen molar-refractivity contribution in [3.8, 4) is 0 Å². The highest BCUT2D eigenvalue weighted by atomic mass is 32.2. The molecule has 1 aromatic rings. The zero-order valence-electron chi connectivity index (χ0n) is 14.3. The van der Waals surface area contributed by atoms with Crippen LogP contribution < -0.4 is 15.5 Å². The standard InChI is InChI=1S/C17H27N5OS/c1-2-14-8-16(20-12-19-14)22-6-3-4-15(10-22)21-17(23)18-9-13-5-7-24-11-13/h8,12-13,15H,2-7,9-11H2,1H3,(H2,18,21,23)/t13-,15-/m1/s1. The number of thioether (sulfide) groups is 1. The first-order chi connectivity index (χ1) is 11.7. The van der Waals surface area contributed by atoms with Gasteiger partial charge in [0.05, 0.1) is 0 Å². The van der Waals surface area contributed by atoms with Gasteiger partial charge in [0, 0.05) is 37.4 Å². The van der Waals surface area contributed by atoms with Crippen LogP contribution in [0.2, 0.25) is 0 Å². The lowest BCUT2D eigenvalue weighted by molar-refractivity contribution is 0.233. The summed E-state index contributed by atoms with van der Waals surface area (Å²) < 4.78 is 0. The first-order valence-corrected chi connectivity index (χ1v) is 10.1. The van der Waals surface area contributed by atoms with Crippen LogP contribution in [-0.4, -0.2) is 53.2 Å². The van der Waals surface area contributed by atoms with E-state index in [9.17, 15) is 4.79 Å². The highest BCUT2D eigenvalue weighted by molar-refractivity contribution is 7.99.